The highest BCUT2D eigenvalue weighted by atomic mass is 15.2. The summed E-state index contributed by atoms with van der Waals surface area (Å²) in [4.78, 5) is 2.73. The third-order valence-electron chi connectivity index (χ3n) is 4.80. The third kappa shape index (κ3) is 5.83. The van der Waals surface area contributed by atoms with Crippen LogP contribution in [0.25, 0.3) is 0 Å². The fraction of sp³-hybridized carbons (Fsp3) is 1.00. The van der Waals surface area contributed by atoms with Crippen LogP contribution in [0.5, 0.6) is 0 Å². The number of hydrogen-bond acceptors (Lipinski definition) is 2. The molecular formula is C17H34N2. The predicted octanol–water partition coefficient (Wildman–Crippen LogP) is 3.67. The van der Waals surface area contributed by atoms with Crippen molar-refractivity contribution in [2.75, 3.05) is 26.2 Å². The van der Waals surface area contributed by atoms with E-state index in [9.17, 15) is 0 Å². The molecule has 2 atom stereocenters. The molecule has 0 aromatic carbocycles. The Morgan fingerprint density at radius 2 is 1.79 bits per heavy atom. The molecular weight excluding hydrogens is 232 g/mol. The Morgan fingerprint density at radius 3 is 2.47 bits per heavy atom. The summed E-state index contributed by atoms with van der Waals surface area (Å²) >= 11 is 0. The van der Waals surface area contributed by atoms with Crippen LogP contribution in [0.1, 0.15) is 65.2 Å². The number of rotatable bonds is 9. The van der Waals surface area contributed by atoms with Gasteiger partial charge in [0, 0.05) is 19.1 Å². The van der Waals surface area contributed by atoms with Gasteiger partial charge < -0.3 is 10.2 Å². The molecule has 0 aromatic heterocycles. The van der Waals surface area contributed by atoms with Gasteiger partial charge in [-0.05, 0) is 57.0 Å². The van der Waals surface area contributed by atoms with Crippen LogP contribution < -0.4 is 5.32 Å². The summed E-state index contributed by atoms with van der Waals surface area (Å²) in [5, 5.41) is 3.85. The molecule has 1 aliphatic carbocycles. The summed E-state index contributed by atoms with van der Waals surface area (Å²) in [6, 6.07) is 0.771. The second-order valence-corrected chi connectivity index (χ2v) is 6.91. The molecule has 2 heteroatoms. The Labute approximate surface area is 120 Å². The largest absolute Gasteiger partial charge is 0.312 e. The molecule has 1 N–H and O–H groups in total. The van der Waals surface area contributed by atoms with Crippen LogP contribution in [0.3, 0.4) is 0 Å². The normalized spacial score (nSPS) is 28.7. The Kier molecular flexibility index (Phi) is 6.66. The second-order valence-electron chi connectivity index (χ2n) is 6.91. The van der Waals surface area contributed by atoms with Crippen molar-refractivity contribution in [2.45, 2.75) is 71.3 Å². The summed E-state index contributed by atoms with van der Waals surface area (Å²) in [6.45, 7) is 9.90. The van der Waals surface area contributed by atoms with E-state index in [2.05, 4.69) is 24.1 Å². The molecule has 112 valence electrons. The van der Waals surface area contributed by atoms with E-state index in [1.165, 1.54) is 77.5 Å². The first-order chi connectivity index (χ1) is 9.31. The van der Waals surface area contributed by atoms with Gasteiger partial charge in [0.2, 0.25) is 0 Å². The van der Waals surface area contributed by atoms with Crippen LogP contribution in [0.2, 0.25) is 0 Å². The second kappa shape index (κ2) is 8.26. The Balaban J connectivity index is 1.75. The quantitative estimate of drug-likeness (QED) is 0.685. The van der Waals surface area contributed by atoms with Crippen LogP contribution in [0.15, 0.2) is 0 Å². The molecule has 2 fully saturated rings. The monoisotopic (exact) mass is 266 g/mol. The van der Waals surface area contributed by atoms with Crippen LogP contribution in [-0.4, -0.2) is 37.1 Å². The number of unbranched alkanes of at least 4 members (excludes halogenated alkanes) is 2. The van der Waals surface area contributed by atoms with E-state index in [-0.39, 0.29) is 0 Å². The van der Waals surface area contributed by atoms with Gasteiger partial charge >= 0.3 is 0 Å². The van der Waals surface area contributed by atoms with Crippen LogP contribution >= 0.6 is 0 Å². The number of nitrogens with zero attached hydrogens (tertiary/aromatic N) is 1. The first-order valence-corrected chi connectivity index (χ1v) is 8.77. The van der Waals surface area contributed by atoms with E-state index in [1.54, 1.807) is 0 Å². The molecule has 0 spiro atoms. The van der Waals surface area contributed by atoms with Crippen molar-refractivity contribution in [3.63, 3.8) is 0 Å². The highest BCUT2D eigenvalue weighted by Gasteiger charge is 2.28. The zero-order valence-electron chi connectivity index (χ0n) is 13.2. The lowest BCUT2D eigenvalue weighted by molar-refractivity contribution is 0.132. The zero-order chi connectivity index (χ0) is 13.5. The molecule has 0 aromatic rings. The minimum Gasteiger partial charge on any atom is -0.312 e. The lowest BCUT2D eigenvalue weighted by Crippen LogP contribution is -2.49. The molecule has 2 unspecified atom stereocenters. The van der Waals surface area contributed by atoms with Crippen molar-refractivity contribution in [1.82, 2.24) is 10.2 Å². The van der Waals surface area contributed by atoms with Crippen LogP contribution in [-0.2, 0) is 0 Å². The Morgan fingerprint density at radius 1 is 1.00 bits per heavy atom. The standard InChI is InChI=1S/C17H34N2/c1-3-5-7-16-11-17(18-12-15-8-9-15)14-19(13-16)10-6-4-2/h15-18H,3-14H2,1-2H3. The molecule has 1 heterocycles. The maximum Gasteiger partial charge on any atom is 0.0198 e. The maximum atomic E-state index is 3.85. The number of nitrogens with one attached hydrogen (secondary N) is 1. The molecule has 2 aliphatic rings. The van der Waals surface area contributed by atoms with E-state index in [4.69, 9.17) is 0 Å². The Bertz CT molecular complexity index is 221. The number of hydrogen-bond donors (Lipinski definition) is 1. The van der Waals surface area contributed by atoms with E-state index < -0.39 is 0 Å². The van der Waals surface area contributed by atoms with Crippen molar-refractivity contribution in [3.05, 3.63) is 0 Å². The molecule has 2 nitrogen and oxygen atoms in total. The van der Waals surface area contributed by atoms with Crippen LogP contribution in [0.4, 0.5) is 0 Å². The van der Waals surface area contributed by atoms with E-state index in [0.29, 0.717) is 0 Å². The average molecular weight is 266 g/mol. The van der Waals surface area contributed by atoms with E-state index >= 15 is 0 Å². The SMILES string of the molecule is CCCCC1CC(NCC2CC2)CN(CCCC)C1. The van der Waals surface area contributed by atoms with Crippen molar-refractivity contribution in [2.24, 2.45) is 11.8 Å². The van der Waals surface area contributed by atoms with Crippen LogP contribution in [0, 0.1) is 11.8 Å². The molecule has 0 bridgehead atoms. The van der Waals surface area contributed by atoms with Crippen molar-refractivity contribution >= 4 is 0 Å². The van der Waals surface area contributed by atoms with Crippen molar-refractivity contribution < 1.29 is 0 Å². The van der Waals surface area contributed by atoms with Gasteiger partial charge in [0.15, 0.2) is 0 Å². The summed E-state index contributed by atoms with van der Waals surface area (Å²) in [5.41, 5.74) is 0. The lowest BCUT2D eigenvalue weighted by Gasteiger charge is -2.38. The smallest absolute Gasteiger partial charge is 0.0198 e. The average Bonchev–Trinajstić information content (AvgIpc) is 3.25. The van der Waals surface area contributed by atoms with Crippen molar-refractivity contribution in [3.8, 4) is 0 Å². The molecule has 1 saturated heterocycles. The van der Waals surface area contributed by atoms with Gasteiger partial charge in [0.25, 0.3) is 0 Å². The topological polar surface area (TPSA) is 15.3 Å². The summed E-state index contributed by atoms with van der Waals surface area (Å²) in [5.74, 6) is 1.96. The van der Waals surface area contributed by atoms with Gasteiger partial charge in [-0.3, -0.25) is 0 Å². The molecule has 0 radical (unpaired) electrons. The molecule has 1 aliphatic heterocycles. The van der Waals surface area contributed by atoms with Gasteiger partial charge in [-0.2, -0.15) is 0 Å². The Hall–Kier alpha value is -0.0800. The third-order valence-corrected chi connectivity index (χ3v) is 4.80. The summed E-state index contributed by atoms with van der Waals surface area (Å²) < 4.78 is 0. The van der Waals surface area contributed by atoms with Crippen molar-refractivity contribution in [1.29, 1.82) is 0 Å². The van der Waals surface area contributed by atoms with Gasteiger partial charge in [0.05, 0.1) is 0 Å². The summed E-state index contributed by atoms with van der Waals surface area (Å²) in [6.07, 6.45) is 11.3. The van der Waals surface area contributed by atoms with Gasteiger partial charge in [-0.15, -0.1) is 0 Å². The fourth-order valence-corrected chi connectivity index (χ4v) is 3.37. The lowest BCUT2D eigenvalue weighted by atomic mass is 9.89. The molecule has 0 amide bonds. The molecule has 19 heavy (non-hydrogen) atoms. The number of piperidine rings is 1. The van der Waals surface area contributed by atoms with E-state index in [1.807, 2.05) is 0 Å². The van der Waals surface area contributed by atoms with Gasteiger partial charge in [0.1, 0.15) is 0 Å². The minimum atomic E-state index is 0.771. The highest BCUT2D eigenvalue weighted by molar-refractivity contribution is 4.85. The summed E-state index contributed by atoms with van der Waals surface area (Å²) in [7, 11) is 0. The molecule has 1 saturated carbocycles. The first-order valence-electron chi connectivity index (χ1n) is 8.77. The molecule has 2 rings (SSSR count). The van der Waals surface area contributed by atoms with Gasteiger partial charge in [-0.25, -0.2) is 0 Å². The predicted molar refractivity (Wildman–Crippen MR) is 83.5 cm³/mol. The highest BCUT2D eigenvalue weighted by Crippen LogP contribution is 2.29. The minimum absolute atomic E-state index is 0.771. The number of likely N-dealkylation sites (tertiary alicyclic amines) is 1. The van der Waals surface area contributed by atoms with Gasteiger partial charge in [-0.1, -0.05) is 33.1 Å². The fourth-order valence-electron chi connectivity index (χ4n) is 3.37. The first kappa shape index (κ1) is 15.3. The van der Waals surface area contributed by atoms with E-state index in [0.717, 1.165) is 17.9 Å². The maximum absolute atomic E-state index is 3.85. The zero-order valence-corrected chi connectivity index (χ0v) is 13.2.